The van der Waals surface area contributed by atoms with Crippen LogP contribution in [-0.4, -0.2) is 97.8 Å². The molecular weight excluding hydrogens is 270 g/mol. The molecule has 3 saturated heterocycles. The van der Waals surface area contributed by atoms with Gasteiger partial charge < -0.3 is 14.5 Å². The number of thioether (sulfide) groups is 1. The molecule has 3 aliphatic heterocycles. The summed E-state index contributed by atoms with van der Waals surface area (Å²) in [6.07, 6.45) is 3.23. The SMILES string of the molecule is CN1CCOC(CN2CCSC(CN3CCCC3)C2)C1. The lowest BCUT2D eigenvalue weighted by molar-refractivity contribution is -0.0353. The van der Waals surface area contributed by atoms with E-state index in [1.54, 1.807) is 0 Å². The summed E-state index contributed by atoms with van der Waals surface area (Å²) < 4.78 is 5.92. The number of hydrogen-bond acceptors (Lipinski definition) is 5. The molecule has 0 bridgehead atoms. The Balaban J connectivity index is 1.42. The number of rotatable bonds is 4. The minimum Gasteiger partial charge on any atom is -0.374 e. The van der Waals surface area contributed by atoms with Gasteiger partial charge in [-0.2, -0.15) is 11.8 Å². The summed E-state index contributed by atoms with van der Waals surface area (Å²) in [5.41, 5.74) is 0. The topological polar surface area (TPSA) is 19.0 Å². The number of morpholine rings is 1. The van der Waals surface area contributed by atoms with E-state index in [-0.39, 0.29) is 0 Å². The van der Waals surface area contributed by atoms with Crippen LogP contribution >= 0.6 is 11.8 Å². The summed E-state index contributed by atoms with van der Waals surface area (Å²) in [6, 6.07) is 0. The average molecular weight is 299 g/mol. The Morgan fingerprint density at radius 1 is 1.00 bits per heavy atom. The van der Waals surface area contributed by atoms with Crippen molar-refractivity contribution < 1.29 is 4.74 Å². The predicted octanol–water partition coefficient (Wildman–Crippen LogP) is 0.830. The molecule has 0 aromatic rings. The molecule has 5 heteroatoms. The van der Waals surface area contributed by atoms with Crippen LogP contribution in [0.5, 0.6) is 0 Å². The molecule has 116 valence electrons. The standard InChI is InChI=1S/C15H29N3OS/c1-16-6-8-19-14(10-16)11-18-7-9-20-15(13-18)12-17-4-2-3-5-17/h14-15H,2-13H2,1H3. The Bertz CT molecular complexity index is 299. The van der Waals surface area contributed by atoms with Gasteiger partial charge in [-0.3, -0.25) is 4.90 Å². The van der Waals surface area contributed by atoms with E-state index in [9.17, 15) is 0 Å². The van der Waals surface area contributed by atoms with Gasteiger partial charge in [0.1, 0.15) is 0 Å². The van der Waals surface area contributed by atoms with Gasteiger partial charge in [-0.25, -0.2) is 0 Å². The first kappa shape index (κ1) is 15.1. The third-order valence-corrected chi connectivity index (χ3v) is 5.87. The van der Waals surface area contributed by atoms with Crippen molar-refractivity contribution in [3.63, 3.8) is 0 Å². The molecule has 0 N–H and O–H groups in total. The minimum absolute atomic E-state index is 0.421. The van der Waals surface area contributed by atoms with Gasteiger partial charge in [-0.15, -0.1) is 0 Å². The van der Waals surface area contributed by atoms with E-state index in [1.165, 1.54) is 51.3 Å². The van der Waals surface area contributed by atoms with Crippen LogP contribution in [0.1, 0.15) is 12.8 Å². The number of likely N-dealkylation sites (tertiary alicyclic amines) is 1. The summed E-state index contributed by atoms with van der Waals surface area (Å²) in [7, 11) is 2.21. The largest absolute Gasteiger partial charge is 0.374 e. The molecule has 20 heavy (non-hydrogen) atoms. The molecule has 4 nitrogen and oxygen atoms in total. The van der Waals surface area contributed by atoms with Crippen molar-refractivity contribution in [2.45, 2.75) is 24.2 Å². The smallest absolute Gasteiger partial charge is 0.0829 e. The Hall–Kier alpha value is 0.190. The fourth-order valence-corrected chi connectivity index (χ4v) is 4.90. The zero-order chi connectivity index (χ0) is 13.8. The monoisotopic (exact) mass is 299 g/mol. The van der Waals surface area contributed by atoms with Crippen molar-refractivity contribution in [1.82, 2.24) is 14.7 Å². The average Bonchev–Trinajstić information content (AvgIpc) is 2.92. The van der Waals surface area contributed by atoms with Crippen LogP contribution in [0.2, 0.25) is 0 Å². The second-order valence-corrected chi connectivity index (χ2v) is 7.92. The van der Waals surface area contributed by atoms with Crippen LogP contribution in [0.4, 0.5) is 0 Å². The summed E-state index contributed by atoms with van der Waals surface area (Å²) in [5.74, 6) is 1.29. The van der Waals surface area contributed by atoms with Crippen LogP contribution in [0.25, 0.3) is 0 Å². The van der Waals surface area contributed by atoms with Gasteiger partial charge in [0.15, 0.2) is 0 Å². The highest BCUT2D eigenvalue weighted by atomic mass is 32.2. The molecule has 0 spiro atoms. The van der Waals surface area contributed by atoms with Gasteiger partial charge in [-0.05, 0) is 33.0 Å². The number of hydrogen-bond donors (Lipinski definition) is 0. The first-order valence-corrected chi connectivity index (χ1v) is 9.21. The van der Waals surface area contributed by atoms with E-state index in [2.05, 4.69) is 33.5 Å². The first-order valence-electron chi connectivity index (χ1n) is 8.16. The zero-order valence-corrected chi connectivity index (χ0v) is 13.6. The van der Waals surface area contributed by atoms with E-state index in [0.717, 1.165) is 31.5 Å². The maximum atomic E-state index is 5.92. The molecular formula is C15H29N3OS. The third-order valence-electron chi connectivity index (χ3n) is 4.69. The van der Waals surface area contributed by atoms with E-state index in [1.807, 2.05) is 0 Å². The first-order chi connectivity index (χ1) is 9.79. The maximum Gasteiger partial charge on any atom is 0.0829 e. The summed E-state index contributed by atoms with van der Waals surface area (Å²) in [4.78, 5) is 7.70. The molecule has 0 amide bonds. The molecule has 2 unspecified atom stereocenters. The molecule has 3 aliphatic rings. The fourth-order valence-electron chi connectivity index (χ4n) is 3.58. The van der Waals surface area contributed by atoms with Crippen molar-refractivity contribution in [3.05, 3.63) is 0 Å². The van der Waals surface area contributed by atoms with Crippen molar-refractivity contribution in [3.8, 4) is 0 Å². The van der Waals surface area contributed by atoms with Crippen molar-refractivity contribution >= 4 is 11.8 Å². The molecule has 3 heterocycles. The van der Waals surface area contributed by atoms with Crippen LogP contribution in [0, 0.1) is 0 Å². The highest BCUT2D eigenvalue weighted by molar-refractivity contribution is 8.00. The third kappa shape index (κ3) is 4.34. The highest BCUT2D eigenvalue weighted by Crippen LogP contribution is 2.22. The minimum atomic E-state index is 0.421. The van der Waals surface area contributed by atoms with Gasteiger partial charge in [0.05, 0.1) is 12.7 Å². The van der Waals surface area contributed by atoms with Crippen LogP contribution < -0.4 is 0 Å². The number of ether oxygens (including phenoxy) is 1. The van der Waals surface area contributed by atoms with Crippen molar-refractivity contribution in [2.24, 2.45) is 0 Å². The lowest BCUT2D eigenvalue weighted by Crippen LogP contribution is -2.50. The normalized spacial score (nSPS) is 34.6. The maximum absolute atomic E-state index is 5.92. The van der Waals surface area contributed by atoms with E-state index < -0.39 is 0 Å². The van der Waals surface area contributed by atoms with Gasteiger partial charge in [0, 0.05) is 50.3 Å². The molecule has 0 radical (unpaired) electrons. The summed E-state index contributed by atoms with van der Waals surface area (Å²) in [5, 5.41) is 0.808. The van der Waals surface area contributed by atoms with E-state index in [4.69, 9.17) is 4.74 Å². The van der Waals surface area contributed by atoms with Gasteiger partial charge in [0.2, 0.25) is 0 Å². The molecule has 0 aliphatic carbocycles. The molecule has 2 atom stereocenters. The van der Waals surface area contributed by atoms with Gasteiger partial charge >= 0.3 is 0 Å². The highest BCUT2D eigenvalue weighted by Gasteiger charge is 2.27. The molecule has 0 aromatic carbocycles. The van der Waals surface area contributed by atoms with Crippen LogP contribution in [-0.2, 0) is 4.74 Å². The molecule has 0 aromatic heterocycles. The van der Waals surface area contributed by atoms with Crippen molar-refractivity contribution in [1.29, 1.82) is 0 Å². The number of nitrogens with zero attached hydrogens (tertiary/aromatic N) is 3. The lowest BCUT2D eigenvalue weighted by atomic mass is 10.2. The van der Waals surface area contributed by atoms with Crippen LogP contribution in [0.3, 0.4) is 0 Å². The molecule has 0 saturated carbocycles. The van der Waals surface area contributed by atoms with E-state index >= 15 is 0 Å². The Morgan fingerprint density at radius 2 is 1.85 bits per heavy atom. The molecule has 3 fully saturated rings. The van der Waals surface area contributed by atoms with Gasteiger partial charge in [-0.1, -0.05) is 0 Å². The molecule has 3 rings (SSSR count). The Labute approximate surface area is 127 Å². The lowest BCUT2D eigenvalue weighted by Gasteiger charge is -2.38. The van der Waals surface area contributed by atoms with Crippen molar-refractivity contribution in [2.75, 3.05) is 71.8 Å². The van der Waals surface area contributed by atoms with Crippen LogP contribution in [0.15, 0.2) is 0 Å². The second kappa shape index (κ2) is 7.45. The predicted molar refractivity (Wildman–Crippen MR) is 85.6 cm³/mol. The van der Waals surface area contributed by atoms with Gasteiger partial charge in [0.25, 0.3) is 0 Å². The quantitative estimate of drug-likeness (QED) is 0.763. The Morgan fingerprint density at radius 3 is 2.65 bits per heavy atom. The summed E-state index contributed by atoms with van der Waals surface area (Å²) in [6.45, 7) is 10.7. The summed E-state index contributed by atoms with van der Waals surface area (Å²) >= 11 is 2.18. The number of likely N-dealkylation sites (N-methyl/N-ethyl adjacent to an activating group) is 1. The Kier molecular flexibility index (Phi) is 5.63. The second-order valence-electron chi connectivity index (χ2n) is 6.52. The van der Waals surface area contributed by atoms with E-state index in [0.29, 0.717) is 6.10 Å². The fraction of sp³-hybridized carbons (Fsp3) is 1.00. The zero-order valence-electron chi connectivity index (χ0n) is 12.8.